The smallest absolute Gasteiger partial charge is 0.122 e. The van der Waals surface area contributed by atoms with Gasteiger partial charge in [-0.25, -0.2) is 0 Å². The molecule has 0 aliphatic heterocycles. The summed E-state index contributed by atoms with van der Waals surface area (Å²) in [5, 5.41) is 9.56. The topological polar surface area (TPSA) is 38.7 Å². The van der Waals surface area contributed by atoms with Gasteiger partial charge in [0.05, 0.1) is 26.9 Å². The lowest BCUT2D eigenvalue weighted by molar-refractivity contribution is 0.0875. The maximum absolute atomic E-state index is 9.56. The fourth-order valence-corrected chi connectivity index (χ4v) is 2.14. The second-order valence-corrected chi connectivity index (χ2v) is 4.62. The van der Waals surface area contributed by atoms with Gasteiger partial charge in [0.2, 0.25) is 0 Å². The third-order valence-electron chi connectivity index (χ3n) is 3.23. The van der Waals surface area contributed by atoms with E-state index in [2.05, 4.69) is 0 Å². The summed E-state index contributed by atoms with van der Waals surface area (Å²) in [4.78, 5) is 0. The summed E-state index contributed by atoms with van der Waals surface area (Å²) < 4.78 is 11.0. The Morgan fingerprint density at radius 2 is 1.70 bits per heavy atom. The number of hydrogen-bond donors (Lipinski definition) is 1. The predicted molar refractivity (Wildman–Crippen MR) is 78.9 cm³/mol. The minimum atomic E-state index is -0.0742. The van der Waals surface area contributed by atoms with Gasteiger partial charge in [-0.3, -0.25) is 0 Å². The molecule has 3 heteroatoms. The maximum Gasteiger partial charge on any atom is 0.122 e. The lowest BCUT2D eigenvalue weighted by Gasteiger charge is -2.17. The van der Waals surface area contributed by atoms with Crippen LogP contribution in [0.3, 0.4) is 0 Å². The van der Waals surface area contributed by atoms with Gasteiger partial charge in [-0.15, -0.1) is 0 Å². The van der Waals surface area contributed by atoms with Crippen molar-refractivity contribution < 1.29 is 14.6 Å². The molecule has 0 heterocycles. The molecule has 0 amide bonds. The predicted octanol–water partition coefficient (Wildman–Crippen LogP) is 2.99. The molecule has 0 aromatic heterocycles. The van der Waals surface area contributed by atoms with Gasteiger partial charge >= 0.3 is 0 Å². The number of benzene rings is 2. The summed E-state index contributed by atoms with van der Waals surface area (Å²) in [6, 6.07) is 17.7. The number of aliphatic hydroxyl groups excluding tert-OH is 1. The van der Waals surface area contributed by atoms with E-state index in [1.54, 1.807) is 7.11 Å². The van der Waals surface area contributed by atoms with E-state index >= 15 is 0 Å². The molecule has 0 bridgehead atoms. The van der Waals surface area contributed by atoms with Crippen LogP contribution in [0.2, 0.25) is 0 Å². The van der Waals surface area contributed by atoms with Crippen molar-refractivity contribution in [3.63, 3.8) is 0 Å². The highest BCUT2D eigenvalue weighted by Gasteiger charge is 2.15. The van der Waals surface area contributed by atoms with E-state index in [0.29, 0.717) is 13.2 Å². The van der Waals surface area contributed by atoms with E-state index in [-0.39, 0.29) is 12.5 Å². The van der Waals surface area contributed by atoms with Crippen molar-refractivity contribution in [1.82, 2.24) is 0 Å². The average molecular weight is 272 g/mol. The number of hydrogen-bond acceptors (Lipinski definition) is 3. The minimum Gasteiger partial charge on any atom is -0.496 e. The Morgan fingerprint density at radius 3 is 2.40 bits per heavy atom. The van der Waals surface area contributed by atoms with Crippen molar-refractivity contribution in [2.75, 3.05) is 20.3 Å². The summed E-state index contributed by atoms with van der Waals surface area (Å²) in [7, 11) is 1.64. The molecule has 0 saturated heterocycles. The van der Waals surface area contributed by atoms with Gasteiger partial charge in [0, 0.05) is 11.5 Å². The Balaban J connectivity index is 1.95. The Hall–Kier alpha value is -1.84. The first-order valence-corrected chi connectivity index (χ1v) is 6.70. The van der Waals surface area contributed by atoms with Gasteiger partial charge in [0.15, 0.2) is 0 Å². The maximum atomic E-state index is 9.56. The first-order valence-electron chi connectivity index (χ1n) is 6.70. The molecule has 0 radical (unpaired) electrons. The highest BCUT2D eigenvalue weighted by molar-refractivity contribution is 5.36. The van der Waals surface area contributed by atoms with E-state index in [0.717, 1.165) is 16.9 Å². The number of para-hydroxylation sites is 1. The molecule has 0 fully saturated rings. The van der Waals surface area contributed by atoms with Crippen molar-refractivity contribution in [3.8, 4) is 5.75 Å². The summed E-state index contributed by atoms with van der Waals surface area (Å²) in [6.07, 6.45) is 0. The molecule has 0 spiro atoms. The van der Waals surface area contributed by atoms with Crippen LogP contribution in [0.15, 0.2) is 54.6 Å². The molecule has 0 saturated carbocycles. The van der Waals surface area contributed by atoms with Crippen LogP contribution < -0.4 is 4.74 Å². The van der Waals surface area contributed by atoms with Crippen LogP contribution in [-0.2, 0) is 11.3 Å². The van der Waals surface area contributed by atoms with Crippen LogP contribution in [0.1, 0.15) is 17.0 Å². The van der Waals surface area contributed by atoms with Crippen LogP contribution >= 0.6 is 0 Å². The zero-order valence-electron chi connectivity index (χ0n) is 11.7. The van der Waals surface area contributed by atoms with Gasteiger partial charge in [0.25, 0.3) is 0 Å². The van der Waals surface area contributed by atoms with Crippen molar-refractivity contribution in [2.24, 2.45) is 0 Å². The number of ether oxygens (including phenoxy) is 2. The van der Waals surface area contributed by atoms with E-state index in [1.165, 1.54) is 0 Å². The number of rotatable bonds is 7. The second kappa shape index (κ2) is 7.68. The first kappa shape index (κ1) is 14.6. The van der Waals surface area contributed by atoms with E-state index in [1.807, 2.05) is 54.6 Å². The summed E-state index contributed by atoms with van der Waals surface area (Å²) in [5.41, 5.74) is 2.11. The number of aliphatic hydroxyl groups is 1. The molecular formula is C17H20O3. The highest BCUT2D eigenvalue weighted by Crippen LogP contribution is 2.26. The fraction of sp³-hybridized carbons (Fsp3) is 0.294. The third-order valence-corrected chi connectivity index (χ3v) is 3.23. The molecule has 2 rings (SSSR count). The quantitative estimate of drug-likeness (QED) is 0.842. The van der Waals surface area contributed by atoms with E-state index in [4.69, 9.17) is 9.47 Å². The van der Waals surface area contributed by atoms with Crippen LogP contribution in [0.5, 0.6) is 5.75 Å². The summed E-state index contributed by atoms with van der Waals surface area (Å²) >= 11 is 0. The Labute approximate surface area is 119 Å². The van der Waals surface area contributed by atoms with Gasteiger partial charge in [0.1, 0.15) is 5.75 Å². The molecule has 1 N–H and O–H groups in total. The standard InChI is InChI=1S/C17H20O3/c1-19-17-10-6-5-9-16(17)15(11-18)13-20-12-14-7-3-2-4-8-14/h2-10,15,18H,11-13H2,1H3/t15-/m0/s1. The lowest BCUT2D eigenvalue weighted by atomic mass is 10.00. The number of methoxy groups -OCH3 is 1. The van der Waals surface area contributed by atoms with Crippen LogP contribution in [0, 0.1) is 0 Å². The largest absolute Gasteiger partial charge is 0.496 e. The molecular weight excluding hydrogens is 252 g/mol. The second-order valence-electron chi connectivity index (χ2n) is 4.62. The van der Waals surface area contributed by atoms with Crippen LogP contribution in [0.4, 0.5) is 0 Å². The molecule has 1 atom stereocenters. The third kappa shape index (κ3) is 3.83. The van der Waals surface area contributed by atoms with Crippen molar-refractivity contribution >= 4 is 0 Å². The van der Waals surface area contributed by atoms with Crippen LogP contribution in [0.25, 0.3) is 0 Å². The molecule has 20 heavy (non-hydrogen) atoms. The first-order chi connectivity index (χ1) is 9.85. The molecule has 0 aliphatic rings. The molecule has 3 nitrogen and oxygen atoms in total. The van der Waals surface area contributed by atoms with Crippen molar-refractivity contribution in [2.45, 2.75) is 12.5 Å². The summed E-state index contributed by atoms with van der Waals surface area (Å²) in [5.74, 6) is 0.713. The van der Waals surface area contributed by atoms with Gasteiger partial charge in [-0.2, -0.15) is 0 Å². The van der Waals surface area contributed by atoms with Gasteiger partial charge in [-0.1, -0.05) is 48.5 Å². The Morgan fingerprint density at radius 1 is 1.00 bits per heavy atom. The molecule has 2 aromatic carbocycles. The van der Waals surface area contributed by atoms with Crippen molar-refractivity contribution in [3.05, 3.63) is 65.7 Å². The zero-order valence-corrected chi connectivity index (χ0v) is 11.7. The monoisotopic (exact) mass is 272 g/mol. The Bertz CT molecular complexity index is 511. The van der Waals surface area contributed by atoms with Crippen molar-refractivity contribution in [1.29, 1.82) is 0 Å². The van der Waals surface area contributed by atoms with Gasteiger partial charge in [-0.05, 0) is 11.6 Å². The molecule has 0 unspecified atom stereocenters. The zero-order chi connectivity index (χ0) is 14.2. The highest BCUT2D eigenvalue weighted by atomic mass is 16.5. The molecule has 106 valence electrons. The normalized spacial score (nSPS) is 12.1. The van der Waals surface area contributed by atoms with E-state index < -0.39 is 0 Å². The molecule has 2 aromatic rings. The fourth-order valence-electron chi connectivity index (χ4n) is 2.14. The average Bonchev–Trinajstić information content (AvgIpc) is 2.53. The minimum absolute atomic E-state index is 0.0369. The van der Waals surface area contributed by atoms with Gasteiger partial charge < -0.3 is 14.6 Å². The van der Waals surface area contributed by atoms with E-state index in [9.17, 15) is 5.11 Å². The van der Waals surface area contributed by atoms with Crippen LogP contribution in [-0.4, -0.2) is 25.4 Å². The SMILES string of the molecule is COc1ccccc1[C@@H](CO)COCc1ccccc1. The Kier molecular flexibility index (Phi) is 5.59. The molecule has 0 aliphatic carbocycles. The summed E-state index contributed by atoms with van der Waals surface area (Å²) in [6.45, 7) is 1.05. The lowest BCUT2D eigenvalue weighted by Crippen LogP contribution is -2.13.